The number of hydrogen-bond donors (Lipinski definition) is 2. The van der Waals surface area contributed by atoms with Crippen molar-refractivity contribution in [3.05, 3.63) is 39.4 Å². The number of aromatic nitrogens is 1. The second-order valence-corrected chi connectivity index (χ2v) is 5.83. The van der Waals surface area contributed by atoms with Gasteiger partial charge < -0.3 is 10.1 Å². The monoisotopic (exact) mass is 326 g/mol. The van der Waals surface area contributed by atoms with Gasteiger partial charge in [0.2, 0.25) is 0 Å². The molecule has 0 bridgehead atoms. The van der Waals surface area contributed by atoms with Crippen molar-refractivity contribution in [3.8, 4) is 0 Å². The van der Waals surface area contributed by atoms with E-state index in [1.807, 2.05) is 13.8 Å². The highest BCUT2D eigenvalue weighted by Crippen LogP contribution is 2.35. The molecule has 1 aliphatic heterocycles. The van der Waals surface area contributed by atoms with Crippen LogP contribution in [-0.4, -0.2) is 28.1 Å². The summed E-state index contributed by atoms with van der Waals surface area (Å²) in [6, 6.07) is 0. The minimum Gasteiger partial charge on any atom is -0.379 e. The van der Waals surface area contributed by atoms with Gasteiger partial charge in [0, 0.05) is 22.7 Å². The molecule has 23 heavy (non-hydrogen) atoms. The third kappa shape index (κ3) is 3.13. The number of nitrogens with one attached hydrogen (secondary N) is 1. The minimum atomic E-state index is -4.70. The Labute approximate surface area is 133 Å². The minimum absolute atomic E-state index is 0.152. The Bertz CT molecular complexity index is 721. The van der Waals surface area contributed by atoms with Gasteiger partial charge in [-0.1, -0.05) is 6.92 Å². The van der Waals surface area contributed by atoms with Gasteiger partial charge in [0.1, 0.15) is 0 Å². The first kappa shape index (κ1) is 17.5. The molecule has 1 atom stereocenters. The maximum absolute atomic E-state index is 12.8. The van der Waals surface area contributed by atoms with Gasteiger partial charge in [-0.3, -0.25) is 4.99 Å². The first-order valence-electron chi connectivity index (χ1n) is 7.49. The molecule has 0 aliphatic carbocycles. The number of aryl methyl sites for hydroxylation is 1. The van der Waals surface area contributed by atoms with Crippen molar-refractivity contribution in [3.63, 3.8) is 0 Å². The highest BCUT2D eigenvalue weighted by molar-refractivity contribution is 6.04. The third-order valence-electron chi connectivity index (χ3n) is 4.32. The van der Waals surface area contributed by atoms with E-state index in [-0.39, 0.29) is 11.3 Å². The molecule has 0 fully saturated rings. The first-order chi connectivity index (χ1) is 10.6. The fraction of sp³-hybridized carbons (Fsp3) is 0.471. The summed E-state index contributed by atoms with van der Waals surface area (Å²) in [4.78, 5) is 7.46. The molecule has 0 amide bonds. The maximum Gasteiger partial charge on any atom is 0.418 e. The lowest BCUT2D eigenvalue weighted by molar-refractivity contribution is -0.189. The Hall–Kier alpha value is -1.82. The van der Waals surface area contributed by atoms with E-state index in [0.29, 0.717) is 11.3 Å². The molecule has 1 aliphatic rings. The molecular weight excluding hydrogens is 305 g/mol. The number of aliphatic imine (C=N–C) groups is 1. The summed E-state index contributed by atoms with van der Waals surface area (Å²) in [5.41, 5.74) is 5.02. The summed E-state index contributed by atoms with van der Waals surface area (Å²) in [6.45, 7) is 9.05. The lowest BCUT2D eigenvalue weighted by Crippen LogP contribution is -2.32. The third-order valence-corrected chi connectivity index (χ3v) is 4.32. The highest BCUT2D eigenvalue weighted by Gasteiger charge is 2.43. The van der Waals surface area contributed by atoms with Gasteiger partial charge >= 0.3 is 6.18 Å². The molecule has 0 aromatic carbocycles. The number of rotatable bonds is 3. The predicted octanol–water partition coefficient (Wildman–Crippen LogP) is 4.25. The van der Waals surface area contributed by atoms with Crippen molar-refractivity contribution < 1.29 is 18.3 Å². The van der Waals surface area contributed by atoms with Gasteiger partial charge in [0.15, 0.2) is 6.10 Å². The summed E-state index contributed by atoms with van der Waals surface area (Å²) < 4.78 is 38.4. The summed E-state index contributed by atoms with van der Waals surface area (Å²) >= 11 is 0. The van der Waals surface area contributed by atoms with E-state index in [1.165, 1.54) is 12.5 Å². The van der Waals surface area contributed by atoms with Crippen molar-refractivity contribution >= 4 is 11.8 Å². The van der Waals surface area contributed by atoms with Crippen LogP contribution in [0.4, 0.5) is 13.2 Å². The molecule has 2 N–H and O–H groups in total. The Morgan fingerprint density at radius 2 is 1.83 bits per heavy atom. The van der Waals surface area contributed by atoms with E-state index in [1.54, 1.807) is 13.0 Å². The molecule has 0 radical (unpaired) electrons. The number of halogens is 3. The van der Waals surface area contributed by atoms with E-state index >= 15 is 0 Å². The topological polar surface area (TPSA) is 48.4 Å². The van der Waals surface area contributed by atoms with Crippen LogP contribution in [0.3, 0.4) is 0 Å². The van der Waals surface area contributed by atoms with Crippen molar-refractivity contribution in [1.29, 1.82) is 0 Å². The molecule has 1 aromatic rings. The normalized spacial score (nSPS) is 18.8. The molecule has 1 aromatic heterocycles. The zero-order valence-corrected chi connectivity index (χ0v) is 13.9. The second-order valence-electron chi connectivity index (χ2n) is 5.83. The largest absolute Gasteiger partial charge is 0.418 e. The summed E-state index contributed by atoms with van der Waals surface area (Å²) in [5.74, 6) is 0. The molecule has 2 heterocycles. The molecule has 0 spiro atoms. The van der Waals surface area contributed by atoms with Crippen molar-refractivity contribution in [2.75, 3.05) is 0 Å². The van der Waals surface area contributed by atoms with Crippen LogP contribution in [0.5, 0.6) is 0 Å². The Kier molecular flexibility index (Phi) is 4.57. The number of allylic oxidation sites excluding steroid dienone is 1. The van der Waals surface area contributed by atoms with Crippen LogP contribution in [0.25, 0.3) is 6.08 Å². The molecule has 2 rings (SSSR count). The summed E-state index contributed by atoms with van der Waals surface area (Å²) in [6.07, 6.45) is -4.57. The predicted molar refractivity (Wildman–Crippen MR) is 85.5 cm³/mol. The van der Waals surface area contributed by atoms with E-state index in [4.69, 9.17) is 0 Å². The fourth-order valence-corrected chi connectivity index (χ4v) is 3.07. The number of H-pyrrole nitrogens is 1. The first-order valence-corrected chi connectivity index (χ1v) is 7.49. The van der Waals surface area contributed by atoms with Crippen molar-refractivity contribution in [2.24, 2.45) is 4.99 Å². The number of hydrogen-bond acceptors (Lipinski definition) is 2. The van der Waals surface area contributed by atoms with E-state index < -0.39 is 12.3 Å². The maximum atomic E-state index is 12.8. The fourth-order valence-electron chi connectivity index (χ4n) is 3.07. The van der Waals surface area contributed by atoms with Crippen LogP contribution < -0.4 is 0 Å². The van der Waals surface area contributed by atoms with Crippen LogP contribution in [0.15, 0.2) is 21.8 Å². The average Bonchev–Trinajstić information content (AvgIpc) is 2.86. The standard InChI is InChI=1S/C17H21F3N2O/c1-6-12-8(2)13(21-10(12)4)7-14-9(3)15(11(5)22-14)16(23)17(18,19)20/h7,16,21,23H,6H2,1-5H3/b14-7+. The molecule has 1 unspecified atom stereocenters. The molecule has 3 nitrogen and oxygen atoms in total. The summed E-state index contributed by atoms with van der Waals surface area (Å²) in [7, 11) is 0. The number of aliphatic hydroxyl groups excluding tert-OH is 1. The van der Waals surface area contributed by atoms with Crippen LogP contribution >= 0.6 is 0 Å². The number of alkyl halides is 3. The van der Waals surface area contributed by atoms with E-state index in [0.717, 1.165) is 23.4 Å². The Balaban J connectivity index is 2.49. The van der Waals surface area contributed by atoms with Crippen LogP contribution in [0.1, 0.15) is 43.3 Å². The smallest absolute Gasteiger partial charge is 0.379 e. The van der Waals surface area contributed by atoms with Crippen LogP contribution in [0.2, 0.25) is 0 Å². The Morgan fingerprint density at radius 1 is 1.22 bits per heavy atom. The summed E-state index contributed by atoms with van der Waals surface area (Å²) in [5, 5.41) is 9.55. The van der Waals surface area contributed by atoms with Gasteiger partial charge in [-0.25, -0.2) is 0 Å². The van der Waals surface area contributed by atoms with Crippen LogP contribution in [0, 0.1) is 13.8 Å². The highest BCUT2D eigenvalue weighted by atomic mass is 19.4. The zero-order chi connectivity index (χ0) is 17.5. The molecule has 126 valence electrons. The van der Waals surface area contributed by atoms with Gasteiger partial charge in [-0.15, -0.1) is 0 Å². The van der Waals surface area contributed by atoms with Gasteiger partial charge in [-0.05, 0) is 56.9 Å². The average molecular weight is 326 g/mol. The Morgan fingerprint density at radius 3 is 2.30 bits per heavy atom. The van der Waals surface area contributed by atoms with Gasteiger partial charge in [0.25, 0.3) is 0 Å². The SMILES string of the molecule is CCc1c(C)[nH]c(/C=C2/N=C(C)C(C(O)C(F)(F)F)=C2C)c1C. The number of aliphatic hydroxyl groups is 1. The number of aromatic amines is 1. The van der Waals surface area contributed by atoms with Gasteiger partial charge in [0.05, 0.1) is 5.70 Å². The van der Waals surface area contributed by atoms with Crippen LogP contribution in [-0.2, 0) is 6.42 Å². The van der Waals surface area contributed by atoms with Crippen molar-refractivity contribution in [2.45, 2.75) is 53.3 Å². The lowest BCUT2D eigenvalue weighted by Gasteiger charge is -2.16. The second kappa shape index (κ2) is 6.00. The zero-order valence-electron chi connectivity index (χ0n) is 13.9. The quantitative estimate of drug-likeness (QED) is 0.857. The molecule has 6 heteroatoms. The van der Waals surface area contributed by atoms with E-state index in [2.05, 4.69) is 16.9 Å². The lowest BCUT2D eigenvalue weighted by atomic mass is 9.99. The van der Waals surface area contributed by atoms with Crippen molar-refractivity contribution in [1.82, 2.24) is 4.98 Å². The van der Waals surface area contributed by atoms with E-state index in [9.17, 15) is 18.3 Å². The molecular formula is C17H21F3N2O. The van der Waals surface area contributed by atoms with Gasteiger partial charge in [-0.2, -0.15) is 13.2 Å². The molecule has 0 saturated heterocycles. The molecule has 0 saturated carbocycles. The number of nitrogens with zero attached hydrogens (tertiary/aromatic N) is 1.